The first-order chi connectivity index (χ1) is 12.4. The summed E-state index contributed by atoms with van der Waals surface area (Å²) in [6.45, 7) is -0.227. The van der Waals surface area contributed by atoms with Gasteiger partial charge in [-0.15, -0.1) is 10.2 Å². The first-order valence-corrected chi connectivity index (χ1v) is 8.53. The van der Waals surface area contributed by atoms with Crippen LogP contribution in [0.25, 0.3) is 11.4 Å². The van der Waals surface area contributed by atoms with Crippen molar-refractivity contribution in [1.82, 2.24) is 25.6 Å². The lowest BCUT2D eigenvalue weighted by atomic mass is 10.2. The molecule has 1 N–H and O–H groups in total. The van der Waals surface area contributed by atoms with Crippen molar-refractivity contribution in [3.8, 4) is 11.4 Å². The van der Waals surface area contributed by atoms with E-state index < -0.39 is 21.1 Å². The largest absolute Gasteiger partial charge is 0.742 e. The van der Waals surface area contributed by atoms with E-state index in [1.807, 2.05) is 30.3 Å². The van der Waals surface area contributed by atoms with Crippen molar-refractivity contribution in [1.29, 1.82) is 0 Å². The molecule has 26 heavy (non-hydrogen) atoms. The van der Waals surface area contributed by atoms with Crippen LogP contribution in [0, 0.1) is 0 Å². The number of tetrazole rings is 1. The molecule has 0 aliphatic carbocycles. The van der Waals surface area contributed by atoms with Gasteiger partial charge in [-0.3, -0.25) is 4.79 Å². The molecule has 11 nitrogen and oxygen atoms in total. The number of rotatable bonds is 6. The smallest absolute Gasteiger partial charge is 0.263 e. The van der Waals surface area contributed by atoms with Gasteiger partial charge in [-0.05, 0) is 17.3 Å². The van der Waals surface area contributed by atoms with Crippen LogP contribution in [0.5, 0.6) is 0 Å². The second kappa shape index (κ2) is 7.25. The summed E-state index contributed by atoms with van der Waals surface area (Å²) in [6.07, 6.45) is 1.05. The maximum Gasteiger partial charge on any atom is 0.263 e. The van der Waals surface area contributed by atoms with Gasteiger partial charge in [-0.2, -0.15) is 9.90 Å². The molecule has 0 saturated carbocycles. The topological polar surface area (TPSA) is 155 Å². The second-order valence-corrected chi connectivity index (χ2v) is 6.22. The minimum absolute atomic E-state index is 0.00929. The number of carbonyl (C=O) groups is 1. The maximum atomic E-state index is 11.8. The Kier molecular flexibility index (Phi) is 4.86. The predicted molar refractivity (Wildman–Crippen MR) is 85.7 cm³/mol. The Morgan fingerprint density at radius 2 is 2.04 bits per heavy atom. The molecule has 1 aromatic carbocycles. The highest BCUT2D eigenvalue weighted by Gasteiger charge is 2.09. The monoisotopic (exact) mass is 375 g/mol. The quantitative estimate of drug-likeness (QED) is 0.358. The molecule has 3 aromatic rings. The lowest BCUT2D eigenvalue weighted by molar-refractivity contribution is -0.122. The van der Waals surface area contributed by atoms with E-state index in [1.165, 1.54) is 6.07 Å². The minimum atomic E-state index is -4.68. The number of carbonyl (C=O) groups excluding carboxylic acids is 1. The third-order valence-corrected chi connectivity index (χ3v) is 3.71. The van der Waals surface area contributed by atoms with Gasteiger partial charge >= 0.3 is 0 Å². The molecule has 0 unspecified atom stereocenters. The van der Waals surface area contributed by atoms with Gasteiger partial charge < -0.3 is 8.97 Å². The summed E-state index contributed by atoms with van der Waals surface area (Å²) in [4.78, 5) is 12.9. The second-order valence-electron chi connectivity index (χ2n) is 4.91. The standard InChI is InChI=1S/C14H12N6O5S/c21-12(16-15-8-11-6-7-13(25-11)26(22,23)24)9-20-18-14(17-19-20)10-4-2-1-3-5-10/h1-8H,9H2,(H,16,21)(H,22,23,24)/p-1/b15-8+. The molecule has 0 bridgehead atoms. The van der Waals surface area contributed by atoms with E-state index >= 15 is 0 Å². The molecule has 0 saturated heterocycles. The highest BCUT2D eigenvalue weighted by Crippen LogP contribution is 2.12. The highest BCUT2D eigenvalue weighted by atomic mass is 32.2. The van der Waals surface area contributed by atoms with Crippen molar-refractivity contribution >= 4 is 22.2 Å². The summed E-state index contributed by atoms with van der Waals surface area (Å²) in [6, 6.07) is 11.4. The number of amides is 1. The molecule has 0 spiro atoms. The average Bonchev–Trinajstić information content (AvgIpc) is 3.25. The predicted octanol–water partition coefficient (Wildman–Crippen LogP) is -0.0125. The fraction of sp³-hybridized carbons (Fsp3) is 0.0714. The Bertz CT molecular complexity index is 1040. The van der Waals surface area contributed by atoms with Gasteiger partial charge in [0.1, 0.15) is 12.3 Å². The van der Waals surface area contributed by atoms with Crippen LogP contribution in [0.1, 0.15) is 5.76 Å². The van der Waals surface area contributed by atoms with Gasteiger partial charge in [0.25, 0.3) is 5.91 Å². The molecule has 2 heterocycles. The van der Waals surface area contributed by atoms with Gasteiger partial charge in [-0.25, -0.2) is 13.8 Å². The first-order valence-electron chi connectivity index (χ1n) is 7.13. The van der Waals surface area contributed by atoms with E-state index in [0.29, 0.717) is 5.82 Å². The number of nitrogens with zero attached hydrogens (tertiary/aromatic N) is 5. The highest BCUT2D eigenvalue weighted by molar-refractivity contribution is 7.85. The van der Waals surface area contributed by atoms with Crippen molar-refractivity contribution in [2.75, 3.05) is 0 Å². The number of aromatic nitrogens is 4. The van der Waals surface area contributed by atoms with Crippen LogP contribution in [-0.2, 0) is 21.5 Å². The van der Waals surface area contributed by atoms with Gasteiger partial charge in [0.15, 0.2) is 10.1 Å². The Labute approximate surface area is 147 Å². The number of furan rings is 1. The normalized spacial score (nSPS) is 11.7. The molecular formula is C14H11N6O5S-. The van der Waals surface area contributed by atoms with Crippen LogP contribution in [0.3, 0.4) is 0 Å². The number of hydrogen-bond donors (Lipinski definition) is 1. The lowest BCUT2D eigenvalue weighted by Gasteiger charge is -2.00. The summed E-state index contributed by atoms with van der Waals surface area (Å²) >= 11 is 0. The van der Waals surface area contributed by atoms with Gasteiger partial charge in [-0.1, -0.05) is 30.3 Å². The minimum Gasteiger partial charge on any atom is -0.742 e. The fourth-order valence-corrected chi connectivity index (χ4v) is 2.32. The number of nitrogens with one attached hydrogen (secondary N) is 1. The van der Waals surface area contributed by atoms with Crippen LogP contribution >= 0.6 is 0 Å². The zero-order valence-electron chi connectivity index (χ0n) is 13.0. The third kappa shape index (κ3) is 4.37. The fourth-order valence-electron chi connectivity index (χ4n) is 1.88. The van der Waals surface area contributed by atoms with Gasteiger partial charge in [0.2, 0.25) is 10.9 Å². The van der Waals surface area contributed by atoms with Crippen LogP contribution in [-0.4, -0.2) is 45.3 Å². The summed E-state index contributed by atoms with van der Waals surface area (Å²) < 4.78 is 37.0. The van der Waals surface area contributed by atoms with E-state index in [9.17, 15) is 17.8 Å². The molecule has 0 aliphatic heterocycles. The Hall–Kier alpha value is -3.38. The van der Waals surface area contributed by atoms with E-state index in [4.69, 9.17) is 4.42 Å². The molecule has 3 rings (SSSR count). The number of hydrogen-bond acceptors (Lipinski definition) is 9. The molecular weight excluding hydrogens is 364 g/mol. The molecule has 0 atom stereocenters. The summed E-state index contributed by atoms with van der Waals surface area (Å²) in [5, 5.41) is 14.6. The molecule has 12 heteroatoms. The van der Waals surface area contributed by atoms with Crippen molar-refractivity contribution in [2.24, 2.45) is 5.10 Å². The van der Waals surface area contributed by atoms with E-state index in [1.54, 1.807) is 0 Å². The zero-order chi connectivity index (χ0) is 18.6. The van der Waals surface area contributed by atoms with E-state index in [-0.39, 0.29) is 12.3 Å². The van der Waals surface area contributed by atoms with E-state index in [0.717, 1.165) is 22.6 Å². The lowest BCUT2D eigenvalue weighted by Crippen LogP contribution is -2.24. The summed E-state index contributed by atoms with van der Waals surface area (Å²) in [5.41, 5.74) is 2.95. The zero-order valence-corrected chi connectivity index (χ0v) is 13.8. The molecule has 0 aliphatic rings. The molecule has 0 fully saturated rings. The number of hydrazone groups is 1. The molecule has 0 radical (unpaired) electrons. The summed E-state index contributed by atoms with van der Waals surface area (Å²) in [7, 11) is -4.68. The van der Waals surface area contributed by atoms with Crippen molar-refractivity contribution in [3.05, 3.63) is 48.2 Å². The average molecular weight is 375 g/mol. The van der Waals surface area contributed by atoms with Crippen LogP contribution < -0.4 is 5.43 Å². The van der Waals surface area contributed by atoms with Gasteiger partial charge in [0, 0.05) is 5.56 Å². The third-order valence-electron chi connectivity index (χ3n) is 3.00. The maximum absolute atomic E-state index is 11.8. The molecule has 134 valence electrons. The van der Waals surface area contributed by atoms with Crippen molar-refractivity contribution in [3.63, 3.8) is 0 Å². The molecule has 2 aromatic heterocycles. The van der Waals surface area contributed by atoms with Crippen molar-refractivity contribution in [2.45, 2.75) is 11.6 Å². The number of benzene rings is 1. The molecule has 1 amide bonds. The van der Waals surface area contributed by atoms with Crippen molar-refractivity contribution < 1.29 is 22.2 Å². The first kappa shape index (κ1) is 17.4. The summed E-state index contributed by atoms with van der Waals surface area (Å²) in [5.74, 6) is -0.171. The Morgan fingerprint density at radius 3 is 2.73 bits per heavy atom. The van der Waals surface area contributed by atoms with Crippen LogP contribution in [0.2, 0.25) is 0 Å². The SMILES string of the molecule is O=C(Cn1nnc(-c2ccccc2)n1)N/N=C/c1ccc(S(=O)(=O)[O-])o1. The van der Waals surface area contributed by atoms with Crippen LogP contribution in [0.15, 0.2) is 57.1 Å². The van der Waals surface area contributed by atoms with Crippen LogP contribution in [0.4, 0.5) is 0 Å². The Morgan fingerprint density at radius 1 is 1.27 bits per heavy atom. The Balaban J connectivity index is 1.56. The van der Waals surface area contributed by atoms with E-state index in [2.05, 4.69) is 25.9 Å². The van der Waals surface area contributed by atoms with Gasteiger partial charge in [0.05, 0.1) is 6.21 Å².